The minimum absolute atomic E-state index is 0.157. The van der Waals surface area contributed by atoms with E-state index in [1.54, 1.807) is 0 Å². The third-order valence-corrected chi connectivity index (χ3v) is 4.34. The molecular weight excluding hydrogens is 302 g/mol. The van der Waals surface area contributed by atoms with Crippen molar-refractivity contribution in [1.29, 1.82) is 0 Å². The van der Waals surface area contributed by atoms with E-state index in [1.807, 2.05) is 25.6 Å². The molecule has 0 amide bonds. The van der Waals surface area contributed by atoms with Gasteiger partial charge in [-0.15, -0.1) is 0 Å². The van der Waals surface area contributed by atoms with Gasteiger partial charge in [0, 0.05) is 35.8 Å². The number of anilines is 2. The van der Waals surface area contributed by atoms with Gasteiger partial charge >= 0.3 is 0 Å². The van der Waals surface area contributed by atoms with Crippen LogP contribution in [0.3, 0.4) is 0 Å². The molecule has 0 aromatic carbocycles. The first-order chi connectivity index (χ1) is 11.5. The van der Waals surface area contributed by atoms with Crippen LogP contribution in [0.2, 0.25) is 0 Å². The van der Waals surface area contributed by atoms with Crippen LogP contribution in [0.4, 0.5) is 11.8 Å². The lowest BCUT2D eigenvalue weighted by atomic mass is 9.93. The summed E-state index contributed by atoms with van der Waals surface area (Å²) in [5.74, 6) is 1.42. The van der Waals surface area contributed by atoms with Crippen molar-refractivity contribution >= 4 is 22.7 Å². The molecule has 6 nitrogen and oxygen atoms in total. The molecule has 24 heavy (non-hydrogen) atoms. The summed E-state index contributed by atoms with van der Waals surface area (Å²) < 4.78 is 0. The van der Waals surface area contributed by atoms with E-state index < -0.39 is 0 Å². The van der Waals surface area contributed by atoms with Crippen molar-refractivity contribution in [2.45, 2.75) is 64.6 Å². The Morgan fingerprint density at radius 1 is 1.21 bits per heavy atom. The second-order valence-electron chi connectivity index (χ2n) is 6.76. The average molecular weight is 328 g/mol. The average Bonchev–Trinajstić information content (AvgIpc) is 2.56. The van der Waals surface area contributed by atoms with Crippen LogP contribution in [0.15, 0.2) is 12.3 Å². The van der Waals surface area contributed by atoms with Crippen LogP contribution in [0.25, 0.3) is 10.9 Å². The number of hydrogen-bond donors (Lipinski definition) is 3. The summed E-state index contributed by atoms with van der Waals surface area (Å²) >= 11 is 0. The summed E-state index contributed by atoms with van der Waals surface area (Å²) in [6.45, 7) is 6.15. The van der Waals surface area contributed by atoms with E-state index >= 15 is 0 Å². The number of pyridine rings is 1. The number of aliphatic hydroxyl groups is 1. The van der Waals surface area contributed by atoms with E-state index in [9.17, 15) is 5.11 Å². The van der Waals surface area contributed by atoms with Gasteiger partial charge in [0.05, 0.1) is 6.10 Å². The minimum atomic E-state index is -0.157. The molecule has 1 aliphatic rings. The summed E-state index contributed by atoms with van der Waals surface area (Å²) in [5.41, 5.74) is 1.75. The molecule has 0 aliphatic heterocycles. The first-order valence-electron chi connectivity index (χ1n) is 8.73. The molecule has 0 bridgehead atoms. The van der Waals surface area contributed by atoms with E-state index in [2.05, 4.69) is 34.4 Å². The predicted molar refractivity (Wildman–Crippen MR) is 97.1 cm³/mol. The lowest BCUT2D eigenvalue weighted by molar-refractivity contribution is 0.126. The molecule has 0 saturated heterocycles. The molecule has 2 aromatic rings. The van der Waals surface area contributed by atoms with Gasteiger partial charge in [-0.05, 0) is 45.6 Å². The van der Waals surface area contributed by atoms with Crippen LogP contribution in [-0.4, -0.2) is 38.2 Å². The van der Waals surface area contributed by atoms with Gasteiger partial charge in [0.15, 0.2) is 5.82 Å². The molecule has 1 radical (unpaired) electrons. The third kappa shape index (κ3) is 3.93. The van der Waals surface area contributed by atoms with Crippen LogP contribution < -0.4 is 10.6 Å². The van der Waals surface area contributed by atoms with Crippen molar-refractivity contribution in [3.63, 3.8) is 0 Å². The number of nitrogens with zero attached hydrogens (tertiary/aromatic N) is 3. The third-order valence-electron chi connectivity index (χ3n) is 4.34. The summed E-state index contributed by atoms with van der Waals surface area (Å²) in [4.78, 5) is 13.8. The van der Waals surface area contributed by atoms with Gasteiger partial charge in [0.2, 0.25) is 5.95 Å². The van der Waals surface area contributed by atoms with E-state index in [-0.39, 0.29) is 12.1 Å². The molecule has 1 saturated carbocycles. The van der Waals surface area contributed by atoms with Gasteiger partial charge in [-0.3, -0.25) is 0 Å². The number of aliphatic hydroxyl groups excluding tert-OH is 1. The molecule has 0 unspecified atom stereocenters. The Labute approximate surface area is 143 Å². The van der Waals surface area contributed by atoms with Crippen molar-refractivity contribution in [3.8, 4) is 0 Å². The van der Waals surface area contributed by atoms with E-state index in [1.165, 1.54) is 0 Å². The molecule has 6 heteroatoms. The highest BCUT2D eigenvalue weighted by atomic mass is 16.3. The van der Waals surface area contributed by atoms with E-state index in [0.29, 0.717) is 12.0 Å². The molecule has 0 atom stereocenters. The van der Waals surface area contributed by atoms with Crippen molar-refractivity contribution in [2.75, 3.05) is 10.6 Å². The Bertz CT molecular complexity index is 695. The molecule has 2 heterocycles. The number of nitrogens with one attached hydrogen (secondary N) is 2. The standard InChI is InChI=1S/C18H26N5O/c1-4-13-9-12-10-19-18(22-14-5-7-15(24)8-6-14)23-16(12)17(21-13)20-11(2)3/h4,9-11,14-15,24H,5-8H2,1-3H3,(H,20,21)(H,19,22,23)/t14-,15-. The molecule has 2 aromatic heterocycles. The second-order valence-corrected chi connectivity index (χ2v) is 6.76. The fraction of sp³-hybridized carbons (Fsp3) is 0.556. The molecule has 0 spiro atoms. The first-order valence-corrected chi connectivity index (χ1v) is 8.73. The maximum absolute atomic E-state index is 9.63. The van der Waals surface area contributed by atoms with Gasteiger partial charge in [-0.1, -0.05) is 6.92 Å². The number of aromatic nitrogens is 3. The maximum Gasteiger partial charge on any atom is 0.223 e. The van der Waals surface area contributed by atoms with Crippen molar-refractivity contribution < 1.29 is 5.11 Å². The molecule has 3 rings (SSSR count). The Morgan fingerprint density at radius 3 is 2.62 bits per heavy atom. The quantitative estimate of drug-likeness (QED) is 0.782. The normalized spacial score (nSPS) is 21.2. The van der Waals surface area contributed by atoms with Crippen LogP contribution in [-0.2, 0) is 0 Å². The summed E-state index contributed by atoms with van der Waals surface area (Å²) in [7, 11) is 0. The Morgan fingerprint density at radius 2 is 1.96 bits per heavy atom. The van der Waals surface area contributed by atoms with Gasteiger partial charge in [0.1, 0.15) is 5.52 Å². The summed E-state index contributed by atoms with van der Waals surface area (Å²) in [5, 5.41) is 17.4. The van der Waals surface area contributed by atoms with Crippen LogP contribution in [0.1, 0.15) is 52.1 Å². The summed E-state index contributed by atoms with van der Waals surface area (Å²) in [6.07, 6.45) is 7.23. The fourth-order valence-electron chi connectivity index (χ4n) is 3.05. The number of fused-ring (bicyclic) bond motifs is 1. The fourth-order valence-corrected chi connectivity index (χ4v) is 3.05. The first kappa shape index (κ1) is 16.9. The van der Waals surface area contributed by atoms with Gasteiger partial charge < -0.3 is 15.7 Å². The molecular formula is C18H26N5O. The lowest BCUT2D eigenvalue weighted by Gasteiger charge is -2.26. The van der Waals surface area contributed by atoms with Crippen LogP contribution in [0, 0.1) is 6.42 Å². The van der Waals surface area contributed by atoms with Crippen molar-refractivity contribution in [3.05, 3.63) is 24.4 Å². The predicted octanol–water partition coefficient (Wildman–Crippen LogP) is 3.13. The smallest absolute Gasteiger partial charge is 0.223 e. The zero-order chi connectivity index (χ0) is 17.1. The van der Waals surface area contributed by atoms with Gasteiger partial charge in [-0.25, -0.2) is 15.0 Å². The van der Waals surface area contributed by atoms with Crippen LogP contribution in [0.5, 0.6) is 0 Å². The molecule has 1 fully saturated rings. The van der Waals surface area contributed by atoms with E-state index in [4.69, 9.17) is 4.98 Å². The van der Waals surface area contributed by atoms with Crippen LogP contribution >= 0.6 is 0 Å². The van der Waals surface area contributed by atoms with Crippen molar-refractivity contribution in [1.82, 2.24) is 15.0 Å². The van der Waals surface area contributed by atoms with E-state index in [0.717, 1.165) is 48.1 Å². The Balaban J connectivity index is 1.88. The highest BCUT2D eigenvalue weighted by Gasteiger charge is 2.20. The highest BCUT2D eigenvalue weighted by molar-refractivity contribution is 5.89. The van der Waals surface area contributed by atoms with Gasteiger partial charge in [0.25, 0.3) is 0 Å². The monoisotopic (exact) mass is 328 g/mol. The highest BCUT2D eigenvalue weighted by Crippen LogP contribution is 2.25. The summed E-state index contributed by atoms with van der Waals surface area (Å²) in [6, 6.07) is 2.60. The number of hydrogen-bond acceptors (Lipinski definition) is 6. The largest absolute Gasteiger partial charge is 0.393 e. The molecule has 129 valence electrons. The molecule has 1 aliphatic carbocycles. The van der Waals surface area contributed by atoms with Crippen molar-refractivity contribution in [2.24, 2.45) is 0 Å². The molecule has 3 N–H and O–H groups in total. The zero-order valence-electron chi connectivity index (χ0n) is 14.6. The maximum atomic E-state index is 9.63. The zero-order valence-corrected chi connectivity index (χ0v) is 14.6. The van der Waals surface area contributed by atoms with Gasteiger partial charge in [-0.2, -0.15) is 0 Å². The number of rotatable bonds is 5. The second kappa shape index (κ2) is 7.30. The lowest BCUT2D eigenvalue weighted by Crippen LogP contribution is -2.28. The SMILES string of the molecule is C[CH]c1cc2cnc(N[C@H]3CC[C@H](O)CC3)nc2c(NC(C)C)n1. The topological polar surface area (TPSA) is 83.0 Å². The Kier molecular flexibility index (Phi) is 5.14. The minimum Gasteiger partial charge on any atom is -0.393 e. The Hall–Kier alpha value is -1.95.